The summed E-state index contributed by atoms with van der Waals surface area (Å²) in [6, 6.07) is 5.32. The van der Waals surface area contributed by atoms with Gasteiger partial charge in [0.1, 0.15) is 5.92 Å². The highest BCUT2D eigenvalue weighted by atomic mass is 35.5. The van der Waals surface area contributed by atoms with E-state index in [1.165, 1.54) is 6.21 Å². The second-order valence-corrected chi connectivity index (χ2v) is 4.62. The number of hydrogen-bond acceptors (Lipinski definition) is 3. The van der Waals surface area contributed by atoms with Crippen molar-refractivity contribution >= 4 is 35.4 Å². The maximum atomic E-state index is 10.7. The molecule has 0 spiro atoms. The van der Waals surface area contributed by atoms with Crippen LogP contribution in [0.2, 0.25) is 10.0 Å². The Hall–Kier alpha value is -1.26. The molecule has 0 fully saturated rings. The van der Waals surface area contributed by atoms with Crippen LogP contribution in [0, 0.1) is 5.92 Å². The second kappa shape index (κ2) is 4.94. The lowest BCUT2D eigenvalue weighted by molar-refractivity contribution is -0.139. The first-order chi connectivity index (χ1) is 8.06. The van der Waals surface area contributed by atoms with Gasteiger partial charge in [-0.15, -0.1) is 0 Å². The quantitative estimate of drug-likeness (QED) is 0.920. The fourth-order valence-electron chi connectivity index (χ4n) is 1.59. The normalized spacial score (nSPS) is 18.7. The lowest BCUT2D eigenvalue weighted by Gasteiger charge is -2.15. The average molecular weight is 273 g/mol. The molecule has 1 aromatic rings. The van der Waals surface area contributed by atoms with Crippen LogP contribution < -0.4 is 0 Å². The van der Waals surface area contributed by atoms with Crippen molar-refractivity contribution in [1.82, 2.24) is 5.01 Å². The van der Waals surface area contributed by atoms with E-state index in [9.17, 15) is 4.79 Å². The third-order valence-corrected chi connectivity index (χ3v) is 3.22. The molecule has 1 atom stereocenters. The summed E-state index contributed by atoms with van der Waals surface area (Å²) in [7, 11) is 0. The molecular formula is C11H10Cl2N2O2. The van der Waals surface area contributed by atoms with Gasteiger partial charge in [0.15, 0.2) is 0 Å². The van der Waals surface area contributed by atoms with Crippen LogP contribution in [0.5, 0.6) is 0 Å². The number of halogens is 2. The minimum Gasteiger partial charge on any atom is -0.481 e. The van der Waals surface area contributed by atoms with Crippen LogP contribution in [0.1, 0.15) is 5.56 Å². The summed E-state index contributed by atoms with van der Waals surface area (Å²) in [6.45, 7) is 0.909. The van der Waals surface area contributed by atoms with E-state index < -0.39 is 11.9 Å². The van der Waals surface area contributed by atoms with E-state index in [-0.39, 0.29) is 0 Å². The zero-order valence-corrected chi connectivity index (χ0v) is 10.3. The highest BCUT2D eigenvalue weighted by Gasteiger charge is 2.23. The van der Waals surface area contributed by atoms with E-state index in [1.54, 1.807) is 17.1 Å². The molecule has 4 nitrogen and oxygen atoms in total. The Morgan fingerprint density at radius 2 is 2.24 bits per heavy atom. The van der Waals surface area contributed by atoms with Crippen molar-refractivity contribution in [2.45, 2.75) is 6.54 Å². The van der Waals surface area contributed by atoms with Crippen molar-refractivity contribution in [1.29, 1.82) is 0 Å². The van der Waals surface area contributed by atoms with E-state index in [0.29, 0.717) is 23.1 Å². The first-order valence-corrected chi connectivity index (χ1v) is 5.77. The van der Waals surface area contributed by atoms with Gasteiger partial charge in [-0.2, -0.15) is 5.10 Å². The van der Waals surface area contributed by atoms with Gasteiger partial charge in [0.25, 0.3) is 0 Å². The fourth-order valence-corrected chi connectivity index (χ4v) is 1.91. The highest BCUT2D eigenvalue weighted by molar-refractivity contribution is 6.42. The Morgan fingerprint density at radius 1 is 1.47 bits per heavy atom. The SMILES string of the molecule is O=C(O)C1C=NN(Cc2ccc(Cl)c(Cl)c2)C1. The lowest BCUT2D eigenvalue weighted by atomic mass is 10.1. The molecule has 6 heteroatoms. The van der Waals surface area contributed by atoms with E-state index in [0.717, 1.165) is 5.56 Å². The molecule has 2 rings (SSSR count). The topological polar surface area (TPSA) is 52.9 Å². The number of rotatable bonds is 3. The standard InChI is InChI=1S/C11H10Cl2N2O2/c12-9-2-1-7(3-10(9)13)5-15-6-8(4-14-15)11(16)17/h1-4,8H,5-6H2,(H,16,17). The van der Waals surface area contributed by atoms with Crippen molar-refractivity contribution in [2.24, 2.45) is 11.0 Å². The molecule has 17 heavy (non-hydrogen) atoms. The molecule has 0 aliphatic carbocycles. The van der Waals surface area contributed by atoms with Gasteiger partial charge in [0.05, 0.1) is 23.1 Å². The van der Waals surface area contributed by atoms with Gasteiger partial charge in [0.2, 0.25) is 0 Å². The summed E-state index contributed by atoms with van der Waals surface area (Å²) >= 11 is 11.7. The molecule has 0 aromatic heterocycles. The summed E-state index contributed by atoms with van der Waals surface area (Å²) in [5.41, 5.74) is 0.947. The molecule has 1 N–H and O–H groups in total. The number of benzene rings is 1. The van der Waals surface area contributed by atoms with Gasteiger partial charge in [-0.1, -0.05) is 29.3 Å². The molecule has 0 radical (unpaired) electrons. The summed E-state index contributed by atoms with van der Waals surface area (Å²) in [4.78, 5) is 10.7. The molecule has 0 saturated heterocycles. The van der Waals surface area contributed by atoms with Crippen LogP contribution in [-0.2, 0) is 11.3 Å². The Morgan fingerprint density at radius 3 is 2.82 bits per heavy atom. The van der Waals surface area contributed by atoms with E-state index in [1.807, 2.05) is 6.07 Å². The fraction of sp³-hybridized carbons (Fsp3) is 0.273. The summed E-state index contributed by atoms with van der Waals surface area (Å²) < 4.78 is 0. The Balaban J connectivity index is 2.01. The van der Waals surface area contributed by atoms with Crippen LogP contribution >= 0.6 is 23.2 Å². The molecule has 1 heterocycles. The number of hydrogen-bond donors (Lipinski definition) is 1. The smallest absolute Gasteiger partial charge is 0.313 e. The van der Waals surface area contributed by atoms with Crippen molar-refractivity contribution in [3.8, 4) is 0 Å². The second-order valence-electron chi connectivity index (χ2n) is 3.80. The molecular weight excluding hydrogens is 263 g/mol. The Bertz CT molecular complexity index is 477. The van der Waals surface area contributed by atoms with Crippen molar-refractivity contribution in [2.75, 3.05) is 6.54 Å². The van der Waals surface area contributed by atoms with E-state index >= 15 is 0 Å². The van der Waals surface area contributed by atoms with Gasteiger partial charge >= 0.3 is 5.97 Å². The maximum Gasteiger partial charge on any atom is 0.313 e. The van der Waals surface area contributed by atoms with Gasteiger partial charge in [-0.25, -0.2) is 0 Å². The monoisotopic (exact) mass is 272 g/mol. The average Bonchev–Trinajstić information content (AvgIpc) is 2.72. The predicted molar refractivity (Wildman–Crippen MR) is 66.5 cm³/mol. The zero-order chi connectivity index (χ0) is 12.4. The summed E-state index contributed by atoms with van der Waals surface area (Å²) in [5.74, 6) is -1.39. The maximum absolute atomic E-state index is 10.7. The number of aliphatic carboxylic acids is 1. The predicted octanol–water partition coefficient (Wildman–Crippen LogP) is 2.50. The minimum absolute atomic E-state index is 0.385. The molecule has 1 unspecified atom stereocenters. The zero-order valence-electron chi connectivity index (χ0n) is 8.81. The first kappa shape index (κ1) is 12.2. The number of carboxylic acids is 1. The molecule has 1 aromatic carbocycles. The number of nitrogens with zero attached hydrogens (tertiary/aromatic N) is 2. The van der Waals surface area contributed by atoms with E-state index in [2.05, 4.69) is 5.10 Å². The van der Waals surface area contributed by atoms with Crippen LogP contribution in [0.4, 0.5) is 0 Å². The van der Waals surface area contributed by atoms with Crippen molar-refractivity contribution in [3.05, 3.63) is 33.8 Å². The van der Waals surface area contributed by atoms with Crippen LogP contribution in [0.15, 0.2) is 23.3 Å². The van der Waals surface area contributed by atoms with Gasteiger partial charge in [-0.3, -0.25) is 9.80 Å². The number of hydrazone groups is 1. The first-order valence-electron chi connectivity index (χ1n) is 5.02. The summed E-state index contributed by atoms with van der Waals surface area (Å²) in [5, 5.41) is 15.5. The van der Waals surface area contributed by atoms with Gasteiger partial charge < -0.3 is 5.11 Å². The Kier molecular flexibility index (Phi) is 3.54. The molecule has 90 valence electrons. The number of carbonyl (C=O) groups is 1. The van der Waals surface area contributed by atoms with Gasteiger partial charge in [-0.05, 0) is 17.7 Å². The van der Waals surface area contributed by atoms with Crippen molar-refractivity contribution in [3.63, 3.8) is 0 Å². The molecule has 0 amide bonds. The van der Waals surface area contributed by atoms with Crippen molar-refractivity contribution < 1.29 is 9.90 Å². The largest absolute Gasteiger partial charge is 0.481 e. The lowest BCUT2D eigenvalue weighted by Crippen LogP contribution is -2.23. The van der Waals surface area contributed by atoms with Crippen LogP contribution in [0.3, 0.4) is 0 Å². The van der Waals surface area contributed by atoms with E-state index in [4.69, 9.17) is 28.3 Å². The minimum atomic E-state index is -0.856. The molecule has 1 aliphatic rings. The third-order valence-electron chi connectivity index (χ3n) is 2.48. The summed E-state index contributed by atoms with van der Waals surface area (Å²) in [6.07, 6.45) is 1.44. The molecule has 0 bridgehead atoms. The Labute approximate surface area is 108 Å². The van der Waals surface area contributed by atoms with Crippen LogP contribution in [0.25, 0.3) is 0 Å². The molecule has 1 aliphatic heterocycles. The van der Waals surface area contributed by atoms with Crippen LogP contribution in [-0.4, -0.2) is 28.8 Å². The number of carboxylic acid groups (broad SMARTS) is 1. The van der Waals surface area contributed by atoms with Gasteiger partial charge in [0, 0.05) is 6.21 Å². The third kappa shape index (κ3) is 2.90. The highest BCUT2D eigenvalue weighted by Crippen LogP contribution is 2.23. The molecule has 0 saturated carbocycles.